The van der Waals surface area contributed by atoms with Crippen LogP contribution in [0.2, 0.25) is 0 Å². The van der Waals surface area contributed by atoms with Gasteiger partial charge in [0.25, 0.3) is 11.8 Å². The second-order valence-corrected chi connectivity index (χ2v) is 19.5. The summed E-state index contributed by atoms with van der Waals surface area (Å²) in [6.07, 6.45) is 3.09. The zero-order valence-corrected chi connectivity index (χ0v) is 42.5. The molecule has 4 aliphatic rings. The van der Waals surface area contributed by atoms with Gasteiger partial charge < -0.3 is 41.0 Å². The molecule has 14 heteroatoms. The highest BCUT2D eigenvalue weighted by atomic mass is 16.5. The van der Waals surface area contributed by atoms with E-state index in [2.05, 4.69) is 80.8 Å². The average molecular weight is 985 g/mol. The third kappa shape index (κ3) is 8.45. The van der Waals surface area contributed by atoms with E-state index in [9.17, 15) is 9.59 Å². The van der Waals surface area contributed by atoms with Crippen LogP contribution < -0.4 is 31.6 Å². The Morgan fingerprint density at radius 1 is 0.486 bits per heavy atom. The average Bonchev–Trinajstić information content (AvgIpc) is 4.17. The van der Waals surface area contributed by atoms with Gasteiger partial charge in [-0.05, 0) is 179 Å². The van der Waals surface area contributed by atoms with Crippen molar-refractivity contribution in [2.45, 2.75) is 79.0 Å². The molecule has 14 nitrogen and oxygen atoms in total. The number of nitrogens with zero attached hydrogens (tertiary/aromatic N) is 4. The van der Waals surface area contributed by atoms with Crippen LogP contribution >= 0.6 is 0 Å². The lowest BCUT2D eigenvalue weighted by Gasteiger charge is -2.18. The van der Waals surface area contributed by atoms with E-state index in [0.29, 0.717) is 47.6 Å². The lowest BCUT2D eigenvalue weighted by Crippen LogP contribution is -2.24. The molecule has 0 saturated heterocycles. The molecule has 0 radical (unpaired) electrons. The Hall–Kier alpha value is -8.46. The normalized spacial score (nSPS) is 16.9. The van der Waals surface area contributed by atoms with E-state index in [1.807, 2.05) is 101 Å². The van der Waals surface area contributed by atoms with Crippen molar-refractivity contribution in [3.05, 3.63) is 210 Å². The molecule has 8 aromatic rings. The standard InChI is InChI=1S/2C30H28N4O3/c1-15-9-26(31)34-17(3)24(15)13-33-30(35)19-6-8-21-23(12-19)29-20-7-5-18(11-22(20)28(21)37-29)25-14-32-27(36-4)10-16(25)2;1-15-9-26(31)34-17(3)24(15)13-33-30(35)19-6-8-21-23(12-19)29-22-11-18(5-7-20(22)28(21)37-29)25-14-32-27(36-4)10-16(25)2/h2*5-12,14,28-29H,13H2,1-4H3,(H2,31,34)(H,33,35). The van der Waals surface area contributed by atoms with Crippen molar-refractivity contribution in [1.82, 2.24) is 30.6 Å². The summed E-state index contributed by atoms with van der Waals surface area (Å²) in [5.41, 5.74) is 34.0. The lowest BCUT2D eigenvalue weighted by atomic mass is 9.83. The lowest BCUT2D eigenvalue weighted by molar-refractivity contribution is 0.0856. The molecule has 74 heavy (non-hydrogen) atoms. The predicted octanol–water partition coefficient (Wildman–Crippen LogP) is 10.2. The molecule has 0 saturated carbocycles. The van der Waals surface area contributed by atoms with Crippen molar-refractivity contribution in [2.75, 3.05) is 25.7 Å². The first-order valence-electron chi connectivity index (χ1n) is 24.6. The third-order valence-electron chi connectivity index (χ3n) is 14.9. The van der Waals surface area contributed by atoms with E-state index in [-0.39, 0.29) is 36.2 Å². The fourth-order valence-electron chi connectivity index (χ4n) is 11.0. The van der Waals surface area contributed by atoms with Gasteiger partial charge in [-0.3, -0.25) is 9.59 Å². The monoisotopic (exact) mass is 984 g/mol. The maximum absolute atomic E-state index is 13.1. The Morgan fingerprint density at radius 3 is 1.23 bits per heavy atom. The zero-order chi connectivity index (χ0) is 51.7. The van der Waals surface area contributed by atoms with Crippen molar-refractivity contribution in [3.63, 3.8) is 0 Å². The summed E-state index contributed by atoms with van der Waals surface area (Å²) in [7, 11) is 3.24. The van der Waals surface area contributed by atoms with Gasteiger partial charge in [0.15, 0.2) is 0 Å². The first kappa shape index (κ1) is 47.8. The summed E-state index contributed by atoms with van der Waals surface area (Å²) in [5, 5.41) is 6.07. The van der Waals surface area contributed by atoms with Crippen LogP contribution in [0, 0.1) is 41.5 Å². The van der Waals surface area contributed by atoms with Gasteiger partial charge in [0.05, 0.1) is 14.2 Å². The molecule has 6 N–H and O–H groups in total. The molecule has 0 aliphatic carbocycles. The van der Waals surface area contributed by atoms with Crippen LogP contribution in [0.4, 0.5) is 11.6 Å². The summed E-state index contributed by atoms with van der Waals surface area (Å²) >= 11 is 0. The predicted molar refractivity (Wildman–Crippen MR) is 283 cm³/mol. The number of benzene rings is 4. The van der Waals surface area contributed by atoms with Crippen LogP contribution in [0.1, 0.15) is 134 Å². The molecule has 4 bridgehead atoms. The number of amides is 2. The van der Waals surface area contributed by atoms with Crippen LogP contribution in [0.3, 0.4) is 0 Å². The minimum atomic E-state index is -0.194. The van der Waals surface area contributed by atoms with Crippen LogP contribution in [-0.4, -0.2) is 46.0 Å². The number of hydrogen-bond donors (Lipinski definition) is 4. The number of hydrogen-bond acceptors (Lipinski definition) is 12. The molecule has 4 unspecified atom stereocenters. The molecular weight excluding hydrogens is 929 g/mol. The molecule has 12 rings (SSSR count). The molecule has 0 spiro atoms. The van der Waals surface area contributed by atoms with Crippen molar-refractivity contribution in [3.8, 4) is 34.0 Å². The van der Waals surface area contributed by atoms with E-state index in [4.69, 9.17) is 30.4 Å². The topological polar surface area (TPSA) is 199 Å². The highest BCUT2D eigenvalue weighted by Crippen LogP contribution is 2.56. The Kier molecular flexibility index (Phi) is 12.2. The number of methoxy groups -OCH3 is 2. The molecule has 4 atom stereocenters. The van der Waals surface area contributed by atoms with Gasteiger partial charge in [0.1, 0.15) is 36.1 Å². The molecule has 2 amide bonds. The fourth-order valence-corrected chi connectivity index (χ4v) is 11.0. The van der Waals surface area contributed by atoms with Crippen molar-refractivity contribution >= 4 is 23.5 Å². The van der Waals surface area contributed by atoms with E-state index < -0.39 is 0 Å². The Labute approximate surface area is 429 Å². The van der Waals surface area contributed by atoms with Gasteiger partial charge >= 0.3 is 0 Å². The number of carbonyl (C=O) groups is 2. The highest BCUT2D eigenvalue weighted by Gasteiger charge is 2.44. The van der Waals surface area contributed by atoms with E-state index in [1.54, 1.807) is 14.2 Å². The molecule has 4 aromatic heterocycles. The van der Waals surface area contributed by atoms with E-state index in [0.717, 1.165) is 100 Å². The highest BCUT2D eigenvalue weighted by molar-refractivity contribution is 5.95. The van der Waals surface area contributed by atoms with Crippen molar-refractivity contribution in [1.29, 1.82) is 0 Å². The van der Waals surface area contributed by atoms with Crippen molar-refractivity contribution in [2.24, 2.45) is 0 Å². The van der Waals surface area contributed by atoms with Gasteiger partial charge in [-0.15, -0.1) is 0 Å². The first-order valence-corrected chi connectivity index (χ1v) is 24.6. The van der Waals surface area contributed by atoms with Gasteiger partial charge in [0, 0.05) is 71.3 Å². The van der Waals surface area contributed by atoms with E-state index >= 15 is 0 Å². The smallest absolute Gasteiger partial charge is 0.251 e. The number of pyridine rings is 4. The summed E-state index contributed by atoms with van der Waals surface area (Å²) in [4.78, 5) is 43.5. The maximum atomic E-state index is 13.1. The van der Waals surface area contributed by atoms with Crippen LogP contribution in [0.5, 0.6) is 11.8 Å². The second kappa shape index (κ2) is 18.9. The summed E-state index contributed by atoms with van der Waals surface area (Å²) < 4.78 is 23.3. The minimum absolute atomic E-state index is 0.109. The SMILES string of the molecule is COc1cc(C)c(-c2ccc3c(c2)C2OC3c3cc(C(=O)NCc4c(C)cc(N)nc4C)ccc32)cn1.COc1cc(C)c(-c2ccc3c(c2)C2OC3c3ccc(C(=O)NCc4c(C)cc(N)nc4C)cc32)cn1. The number of aryl methyl sites for hydroxylation is 6. The number of fused-ring (bicyclic) bond motifs is 16. The largest absolute Gasteiger partial charge is 0.481 e. The minimum Gasteiger partial charge on any atom is -0.481 e. The summed E-state index contributed by atoms with van der Waals surface area (Å²) in [6.45, 7) is 12.7. The number of nitrogen functional groups attached to an aromatic ring is 2. The van der Waals surface area contributed by atoms with Crippen LogP contribution in [0.25, 0.3) is 22.3 Å². The van der Waals surface area contributed by atoms with E-state index in [1.165, 1.54) is 11.1 Å². The second-order valence-electron chi connectivity index (χ2n) is 19.5. The third-order valence-corrected chi connectivity index (χ3v) is 14.9. The molecule has 4 aliphatic heterocycles. The molecule has 372 valence electrons. The Balaban J connectivity index is 0.000000159. The number of ether oxygens (including phenoxy) is 4. The quantitative estimate of drug-likeness (QED) is 0.101. The fraction of sp³-hybridized carbons (Fsp3) is 0.233. The first-order chi connectivity index (χ1) is 35.7. The number of nitrogens with two attached hydrogens (primary N) is 2. The molecule has 4 aromatic carbocycles. The molecular formula is C60H56N8O6. The Bertz CT molecular complexity index is 3590. The number of nitrogens with one attached hydrogen (secondary N) is 2. The van der Waals surface area contributed by atoms with Crippen LogP contribution in [0.15, 0.2) is 109 Å². The summed E-state index contributed by atoms with van der Waals surface area (Å²) in [5.74, 6) is 1.92. The van der Waals surface area contributed by atoms with Gasteiger partial charge in [-0.2, -0.15) is 0 Å². The van der Waals surface area contributed by atoms with Gasteiger partial charge in [-0.1, -0.05) is 36.4 Å². The number of anilines is 2. The van der Waals surface area contributed by atoms with Crippen LogP contribution in [-0.2, 0) is 22.6 Å². The maximum Gasteiger partial charge on any atom is 0.251 e. The number of carbonyl (C=O) groups excluding carboxylic acids is 2. The van der Waals surface area contributed by atoms with Gasteiger partial charge in [-0.25, -0.2) is 19.9 Å². The van der Waals surface area contributed by atoms with Crippen molar-refractivity contribution < 1.29 is 28.5 Å². The Morgan fingerprint density at radius 2 is 0.851 bits per heavy atom. The molecule has 0 fully saturated rings. The zero-order valence-electron chi connectivity index (χ0n) is 42.5. The number of rotatable bonds is 10. The number of aromatic nitrogens is 4. The summed E-state index contributed by atoms with van der Waals surface area (Å²) in [6, 6.07) is 32.2. The van der Waals surface area contributed by atoms with Gasteiger partial charge in [0.2, 0.25) is 11.8 Å². The molecule has 8 heterocycles.